The normalized spacial score (nSPS) is 18.8. The highest BCUT2D eigenvalue weighted by Crippen LogP contribution is 2.32. The van der Waals surface area contributed by atoms with Crippen molar-refractivity contribution < 1.29 is 23.5 Å². The lowest BCUT2D eigenvalue weighted by molar-refractivity contribution is -0.161. The van der Waals surface area contributed by atoms with E-state index in [4.69, 9.17) is 4.74 Å². The van der Waals surface area contributed by atoms with Gasteiger partial charge in [0.25, 0.3) is 0 Å². The molecular formula is C23H21FN2O4. The molecule has 30 heavy (non-hydrogen) atoms. The Labute approximate surface area is 172 Å². The Bertz CT molecular complexity index is 1140. The van der Waals surface area contributed by atoms with Crippen LogP contribution in [-0.4, -0.2) is 35.8 Å². The second-order valence-electron chi connectivity index (χ2n) is 7.62. The molecule has 1 amide bonds. The molecule has 1 aromatic heterocycles. The molecule has 0 radical (unpaired) electrons. The van der Waals surface area contributed by atoms with Crippen molar-refractivity contribution in [1.82, 2.24) is 10.3 Å². The number of para-hydroxylation sites is 1. The lowest BCUT2D eigenvalue weighted by Crippen LogP contribution is -2.49. The fourth-order valence-electron chi connectivity index (χ4n) is 3.77. The van der Waals surface area contributed by atoms with Crippen LogP contribution in [-0.2, 0) is 14.3 Å². The van der Waals surface area contributed by atoms with Crippen LogP contribution < -0.4 is 5.32 Å². The minimum atomic E-state index is -1.29. The van der Waals surface area contributed by atoms with E-state index in [0.29, 0.717) is 41.6 Å². The number of nitrogens with one attached hydrogen (secondary N) is 2. The fraction of sp³-hybridized carbons (Fsp3) is 0.261. The van der Waals surface area contributed by atoms with Crippen LogP contribution in [0.1, 0.15) is 30.1 Å². The maximum Gasteiger partial charge on any atom is 0.321 e. The molecule has 6 nitrogen and oxygen atoms in total. The molecule has 2 heterocycles. The Balaban J connectivity index is 1.63. The molecule has 0 bridgehead atoms. The number of H-pyrrole nitrogens is 1. The summed E-state index contributed by atoms with van der Waals surface area (Å²) in [6.07, 6.45) is 1.04. The van der Waals surface area contributed by atoms with E-state index in [1.54, 1.807) is 24.3 Å². The maximum atomic E-state index is 13.4. The number of ether oxygens (including phenoxy) is 1. The number of benzene rings is 2. The molecule has 2 aromatic carbocycles. The largest absolute Gasteiger partial charge is 0.456 e. The van der Waals surface area contributed by atoms with E-state index in [0.717, 1.165) is 5.52 Å². The third kappa shape index (κ3) is 3.47. The summed E-state index contributed by atoms with van der Waals surface area (Å²) in [4.78, 5) is 41.0. The van der Waals surface area contributed by atoms with E-state index in [1.165, 1.54) is 19.1 Å². The molecule has 0 spiro atoms. The van der Waals surface area contributed by atoms with Crippen molar-refractivity contribution in [3.05, 3.63) is 59.9 Å². The zero-order valence-electron chi connectivity index (χ0n) is 16.5. The van der Waals surface area contributed by atoms with Crippen molar-refractivity contribution in [3.8, 4) is 11.3 Å². The van der Waals surface area contributed by atoms with Gasteiger partial charge in [0.2, 0.25) is 11.7 Å². The number of rotatable bonds is 5. The monoisotopic (exact) mass is 408 g/mol. The molecule has 1 aliphatic heterocycles. The number of piperidine rings is 1. The lowest BCUT2D eigenvalue weighted by atomic mass is 9.82. The van der Waals surface area contributed by atoms with E-state index in [2.05, 4.69) is 10.3 Å². The number of carbonyl (C=O) groups excluding carboxylic acids is 3. The summed E-state index contributed by atoms with van der Waals surface area (Å²) in [5.41, 5.74) is 0.978. The fourth-order valence-corrected chi connectivity index (χ4v) is 3.77. The van der Waals surface area contributed by atoms with Gasteiger partial charge in [-0.3, -0.25) is 14.4 Å². The molecule has 3 aromatic rings. The molecule has 0 saturated carbocycles. The number of fused-ring (bicyclic) bond motifs is 1. The molecule has 154 valence electrons. The number of amides is 1. The SMILES string of the molecule is CC1(C(=O)OCC(=O)c2c(-c3ccc(F)cc3)[nH]c3ccccc23)CCCNC1=O. The molecule has 4 rings (SSSR count). The molecule has 1 unspecified atom stereocenters. The Morgan fingerprint density at radius 3 is 2.60 bits per heavy atom. The van der Waals surface area contributed by atoms with Crippen LogP contribution in [0.5, 0.6) is 0 Å². The summed E-state index contributed by atoms with van der Waals surface area (Å²) in [5, 5.41) is 3.35. The van der Waals surface area contributed by atoms with Crippen LogP contribution >= 0.6 is 0 Å². The second kappa shape index (κ2) is 7.74. The topological polar surface area (TPSA) is 88.3 Å². The molecule has 7 heteroatoms. The summed E-state index contributed by atoms with van der Waals surface area (Å²) >= 11 is 0. The van der Waals surface area contributed by atoms with Gasteiger partial charge in [-0.2, -0.15) is 0 Å². The van der Waals surface area contributed by atoms with E-state index >= 15 is 0 Å². The van der Waals surface area contributed by atoms with Crippen LogP contribution in [0.3, 0.4) is 0 Å². The highest BCUT2D eigenvalue weighted by molar-refractivity contribution is 6.14. The first kappa shape index (κ1) is 19.8. The molecule has 1 saturated heterocycles. The average Bonchev–Trinajstić information content (AvgIpc) is 3.14. The van der Waals surface area contributed by atoms with E-state index in [9.17, 15) is 18.8 Å². The first-order valence-corrected chi connectivity index (χ1v) is 9.75. The van der Waals surface area contributed by atoms with E-state index in [-0.39, 0.29) is 11.7 Å². The summed E-state index contributed by atoms with van der Waals surface area (Å²) in [5.74, 6) is -1.88. The predicted molar refractivity (Wildman–Crippen MR) is 109 cm³/mol. The number of aromatic amines is 1. The van der Waals surface area contributed by atoms with Crippen LogP contribution in [0.2, 0.25) is 0 Å². The predicted octanol–water partition coefficient (Wildman–Crippen LogP) is 3.62. The number of hydrogen-bond donors (Lipinski definition) is 2. The van der Waals surface area contributed by atoms with Crippen molar-refractivity contribution >= 4 is 28.6 Å². The lowest BCUT2D eigenvalue weighted by Gasteiger charge is -2.29. The van der Waals surface area contributed by atoms with Gasteiger partial charge in [-0.15, -0.1) is 0 Å². The van der Waals surface area contributed by atoms with Gasteiger partial charge < -0.3 is 15.0 Å². The average molecular weight is 408 g/mol. The Morgan fingerprint density at radius 2 is 1.87 bits per heavy atom. The first-order chi connectivity index (χ1) is 14.4. The quantitative estimate of drug-likeness (QED) is 0.383. The third-order valence-corrected chi connectivity index (χ3v) is 5.54. The molecule has 0 aliphatic carbocycles. The van der Waals surface area contributed by atoms with Crippen molar-refractivity contribution in [2.75, 3.05) is 13.2 Å². The smallest absolute Gasteiger partial charge is 0.321 e. The van der Waals surface area contributed by atoms with E-state index in [1.807, 2.05) is 12.1 Å². The number of carbonyl (C=O) groups is 3. The number of esters is 1. The van der Waals surface area contributed by atoms with Gasteiger partial charge in [0, 0.05) is 17.4 Å². The van der Waals surface area contributed by atoms with Crippen LogP contribution in [0.15, 0.2) is 48.5 Å². The van der Waals surface area contributed by atoms with Crippen LogP contribution in [0.25, 0.3) is 22.2 Å². The zero-order valence-corrected chi connectivity index (χ0v) is 16.5. The van der Waals surface area contributed by atoms with Crippen LogP contribution in [0.4, 0.5) is 4.39 Å². The summed E-state index contributed by atoms with van der Waals surface area (Å²) < 4.78 is 18.6. The Hall–Kier alpha value is -3.48. The number of ketones is 1. The van der Waals surface area contributed by atoms with Crippen molar-refractivity contribution in [2.24, 2.45) is 5.41 Å². The van der Waals surface area contributed by atoms with Crippen molar-refractivity contribution in [3.63, 3.8) is 0 Å². The van der Waals surface area contributed by atoms with Gasteiger partial charge in [0.15, 0.2) is 6.61 Å². The third-order valence-electron chi connectivity index (χ3n) is 5.54. The first-order valence-electron chi connectivity index (χ1n) is 9.75. The summed E-state index contributed by atoms with van der Waals surface area (Å²) in [7, 11) is 0. The number of halogens is 1. The van der Waals surface area contributed by atoms with Crippen LogP contribution in [0, 0.1) is 11.2 Å². The number of aromatic nitrogens is 1. The minimum Gasteiger partial charge on any atom is -0.456 e. The van der Waals surface area contributed by atoms with Crippen molar-refractivity contribution in [2.45, 2.75) is 19.8 Å². The minimum absolute atomic E-state index is 0.364. The van der Waals surface area contributed by atoms with Gasteiger partial charge in [0.05, 0.1) is 11.3 Å². The summed E-state index contributed by atoms with van der Waals surface area (Å²) in [6.45, 7) is 1.57. The molecular weight excluding hydrogens is 387 g/mol. The Kier molecular flexibility index (Phi) is 5.11. The number of hydrogen-bond acceptors (Lipinski definition) is 4. The molecule has 2 N–H and O–H groups in total. The number of Topliss-reactive ketones (excluding diaryl/α,β-unsaturated/α-hetero) is 1. The molecule has 1 atom stereocenters. The highest BCUT2D eigenvalue weighted by Gasteiger charge is 2.44. The summed E-state index contributed by atoms with van der Waals surface area (Å²) in [6, 6.07) is 13.1. The second-order valence-corrected chi connectivity index (χ2v) is 7.62. The standard InChI is InChI=1S/C23H21FN2O4/c1-23(11-4-12-25-21(23)28)22(29)30-13-18(27)19-16-5-2-3-6-17(16)26-20(19)14-7-9-15(24)10-8-14/h2-3,5-10,26H,4,11-13H2,1H3,(H,25,28). The van der Waals surface area contributed by atoms with E-state index < -0.39 is 23.8 Å². The van der Waals surface area contributed by atoms with Gasteiger partial charge in [-0.05, 0) is 55.7 Å². The highest BCUT2D eigenvalue weighted by atomic mass is 19.1. The molecule has 1 aliphatic rings. The Morgan fingerprint density at radius 1 is 1.13 bits per heavy atom. The van der Waals surface area contributed by atoms with Gasteiger partial charge >= 0.3 is 5.97 Å². The molecule has 1 fully saturated rings. The zero-order chi connectivity index (χ0) is 21.3. The maximum absolute atomic E-state index is 13.4. The van der Waals surface area contributed by atoms with Gasteiger partial charge in [-0.25, -0.2) is 4.39 Å². The van der Waals surface area contributed by atoms with Gasteiger partial charge in [-0.1, -0.05) is 18.2 Å². The van der Waals surface area contributed by atoms with Gasteiger partial charge in [0.1, 0.15) is 11.2 Å². The van der Waals surface area contributed by atoms with Crippen molar-refractivity contribution in [1.29, 1.82) is 0 Å².